The third-order valence-electron chi connectivity index (χ3n) is 2.96. The van der Waals surface area contributed by atoms with Crippen molar-refractivity contribution in [2.75, 3.05) is 11.4 Å². The van der Waals surface area contributed by atoms with Gasteiger partial charge in [-0.15, -0.1) is 0 Å². The summed E-state index contributed by atoms with van der Waals surface area (Å²) in [5, 5.41) is 9.41. The molecule has 1 aromatic heterocycles. The quantitative estimate of drug-likeness (QED) is 0.922. The van der Waals surface area contributed by atoms with Crippen LogP contribution in [-0.2, 0) is 4.79 Å². The minimum absolute atomic E-state index is 0.138. The monoisotopic (exact) mass is 304 g/mol. The molecule has 0 bridgehead atoms. The van der Waals surface area contributed by atoms with Gasteiger partial charge in [-0.2, -0.15) is 0 Å². The first kappa shape index (κ1) is 13.4. The summed E-state index contributed by atoms with van der Waals surface area (Å²) in [4.78, 5) is 28.7. The van der Waals surface area contributed by atoms with Crippen molar-refractivity contribution in [3.63, 3.8) is 0 Å². The highest BCUT2D eigenvalue weighted by atomic mass is 35.5. The standard InChI is InChI=1S/C14H9ClN2O4/c15-8-3-4-11-10(6-8)17(7-12(18)19)14(20)9-2-1-5-16-13(9)21-11/h1-6H,7H2,(H,18,19). The Hall–Kier alpha value is -2.60. The van der Waals surface area contributed by atoms with E-state index in [2.05, 4.69) is 4.98 Å². The number of nitrogens with zero attached hydrogens (tertiary/aromatic N) is 2. The van der Waals surface area contributed by atoms with Crippen LogP contribution in [0.25, 0.3) is 0 Å². The number of pyridine rings is 1. The summed E-state index contributed by atoms with van der Waals surface area (Å²) < 4.78 is 5.61. The van der Waals surface area contributed by atoms with Gasteiger partial charge in [0.1, 0.15) is 12.1 Å². The molecule has 1 aliphatic rings. The molecular weight excluding hydrogens is 296 g/mol. The number of halogens is 1. The third-order valence-corrected chi connectivity index (χ3v) is 3.19. The second kappa shape index (κ2) is 5.06. The summed E-state index contributed by atoms with van der Waals surface area (Å²) in [5.41, 5.74) is 0.499. The summed E-state index contributed by atoms with van der Waals surface area (Å²) in [6.07, 6.45) is 1.49. The van der Waals surface area contributed by atoms with Crippen LogP contribution in [0.5, 0.6) is 11.6 Å². The number of aliphatic carboxylic acids is 1. The van der Waals surface area contributed by atoms with Crippen LogP contribution in [0, 0.1) is 0 Å². The number of amides is 1. The van der Waals surface area contributed by atoms with Crippen LogP contribution in [-0.4, -0.2) is 28.5 Å². The van der Waals surface area contributed by atoms with E-state index in [0.29, 0.717) is 16.5 Å². The number of carboxylic acids is 1. The number of carbonyl (C=O) groups excluding carboxylic acids is 1. The first-order chi connectivity index (χ1) is 10.1. The number of fused-ring (bicyclic) bond motifs is 2. The average molecular weight is 305 g/mol. The lowest BCUT2D eigenvalue weighted by molar-refractivity contribution is -0.135. The fourth-order valence-corrected chi connectivity index (χ4v) is 2.24. The number of hydrogen-bond donors (Lipinski definition) is 1. The number of anilines is 1. The highest BCUT2D eigenvalue weighted by Crippen LogP contribution is 2.39. The van der Waals surface area contributed by atoms with Crippen molar-refractivity contribution in [3.05, 3.63) is 47.1 Å². The van der Waals surface area contributed by atoms with E-state index < -0.39 is 18.4 Å². The molecule has 0 saturated carbocycles. The normalized spacial score (nSPS) is 13.0. The first-order valence-corrected chi connectivity index (χ1v) is 6.40. The minimum Gasteiger partial charge on any atom is -0.480 e. The van der Waals surface area contributed by atoms with Crippen molar-refractivity contribution < 1.29 is 19.4 Å². The Balaban J connectivity index is 2.21. The molecule has 0 atom stereocenters. The third kappa shape index (κ3) is 2.41. The molecule has 6 nitrogen and oxygen atoms in total. The van der Waals surface area contributed by atoms with Crippen LogP contribution in [0.4, 0.5) is 5.69 Å². The van der Waals surface area contributed by atoms with Crippen LogP contribution in [0.15, 0.2) is 36.5 Å². The maximum Gasteiger partial charge on any atom is 0.323 e. The van der Waals surface area contributed by atoms with Gasteiger partial charge in [0.2, 0.25) is 5.88 Å². The van der Waals surface area contributed by atoms with Gasteiger partial charge in [-0.1, -0.05) is 11.6 Å². The van der Waals surface area contributed by atoms with Gasteiger partial charge in [-0.3, -0.25) is 14.5 Å². The van der Waals surface area contributed by atoms with E-state index in [0.717, 1.165) is 4.90 Å². The largest absolute Gasteiger partial charge is 0.480 e. The van der Waals surface area contributed by atoms with Crippen molar-refractivity contribution in [1.29, 1.82) is 0 Å². The zero-order valence-electron chi connectivity index (χ0n) is 10.6. The zero-order chi connectivity index (χ0) is 15.0. The number of benzene rings is 1. The Morgan fingerprint density at radius 3 is 2.95 bits per heavy atom. The summed E-state index contributed by atoms with van der Waals surface area (Å²) >= 11 is 5.93. The molecule has 2 aromatic rings. The molecule has 2 heterocycles. The summed E-state index contributed by atoms with van der Waals surface area (Å²) in [7, 11) is 0. The molecule has 7 heteroatoms. The maximum absolute atomic E-state index is 12.5. The topological polar surface area (TPSA) is 79.7 Å². The van der Waals surface area contributed by atoms with E-state index in [4.69, 9.17) is 21.4 Å². The predicted molar refractivity (Wildman–Crippen MR) is 75.1 cm³/mol. The molecule has 1 aromatic carbocycles. The summed E-state index contributed by atoms with van der Waals surface area (Å²) in [6.45, 7) is -0.496. The molecule has 1 amide bonds. The predicted octanol–water partition coefficient (Wildman–Crippen LogP) is 2.57. The van der Waals surface area contributed by atoms with Gasteiger partial charge in [0.05, 0.1) is 5.69 Å². The molecule has 0 fully saturated rings. The Morgan fingerprint density at radius 2 is 2.19 bits per heavy atom. The van der Waals surface area contributed by atoms with Crippen molar-refractivity contribution >= 4 is 29.2 Å². The Kier molecular flexibility index (Phi) is 3.23. The van der Waals surface area contributed by atoms with Crippen molar-refractivity contribution in [2.24, 2.45) is 0 Å². The fraction of sp³-hybridized carbons (Fsp3) is 0.0714. The summed E-state index contributed by atoms with van der Waals surface area (Å²) in [5.74, 6) is -1.17. The minimum atomic E-state index is -1.14. The number of carbonyl (C=O) groups is 2. The van der Waals surface area contributed by atoms with E-state index in [-0.39, 0.29) is 11.4 Å². The van der Waals surface area contributed by atoms with Crippen LogP contribution < -0.4 is 9.64 Å². The van der Waals surface area contributed by atoms with E-state index in [1.807, 2.05) is 0 Å². The van der Waals surface area contributed by atoms with Gasteiger partial charge in [0.15, 0.2) is 5.75 Å². The smallest absolute Gasteiger partial charge is 0.323 e. The van der Waals surface area contributed by atoms with Crippen LogP contribution in [0.2, 0.25) is 5.02 Å². The summed E-state index contributed by atoms with van der Waals surface area (Å²) in [6, 6.07) is 7.78. The highest BCUT2D eigenvalue weighted by molar-refractivity contribution is 6.31. The maximum atomic E-state index is 12.5. The highest BCUT2D eigenvalue weighted by Gasteiger charge is 2.30. The molecule has 21 heavy (non-hydrogen) atoms. The number of aromatic nitrogens is 1. The zero-order valence-corrected chi connectivity index (χ0v) is 11.4. The van der Waals surface area contributed by atoms with E-state index in [1.54, 1.807) is 18.2 Å². The molecule has 0 unspecified atom stereocenters. The van der Waals surface area contributed by atoms with Crippen molar-refractivity contribution in [1.82, 2.24) is 4.98 Å². The number of ether oxygens (including phenoxy) is 1. The number of rotatable bonds is 2. The SMILES string of the molecule is O=C(O)CN1C(=O)c2cccnc2Oc2ccc(Cl)cc21. The fourth-order valence-electron chi connectivity index (χ4n) is 2.07. The molecule has 3 rings (SSSR count). The molecule has 0 spiro atoms. The first-order valence-electron chi connectivity index (χ1n) is 6.02. The number of hydrogen-bond acceptors (Lipinski definition) is 4. The van der Waals surface area contributed by atoms with E-state index >= 15 is 0 Å². The molecular formula is C14H9ClN2O4. The average Bonchev–Trinajstić information content (AvgIpc) is 2.56. The van der Waals surface area contributed by atoms with Gasteiger partial charge in [0.25, 0.3) is 5.91 Å². The number of carboxylic acid groups (broad SMARTS) is 1. The molecule has 1 N–H and O–H groups in total. The molecule has 0 saturated heterocycles. The van der Waals surface area contributed by atoms with Crippen LogP contribution in [0.3, 0.4) is 0 Å². The van der Waals surface area contributed by atoms with Gasteiger partial charge >= 0.3 is 5.97 Å². The van der Waals surface area contributed by atoms with E-state index in [9.17, 15) is 9.59 Å². The Labute approximate surface area is 124 Å². The molecule has 0 radical (unpaired) electrons. The van der Waals surface area contributed by atoms with Gasteiger partial charge in [0, 0.05) is 11.2 Å². The van der Waals surface area contributed by atoms with Gasteiger partial charge in [-0.05, 0) is 30.3 Å². The van der Waals surface area contributed by atoms with Gasteiger partial charge < -0.3 is 9.84 Å². The second-order valence-corrected chi connectivity index (χ2v) is 4.79. The second-order valence-electron chi connectivity index (χ2n) is 4.36. The van der Waals surface area contributed by atoms with Crippen molar-refractivity contribution in [3.8, 4) is 11.6 Å². The lowest BCUT2D eigenvalue weighted by atomic mass is 10.2. The molecule has 106 valence electrons. The van der Waals surface area contributed by atoms with Crippen molar-refractivity contribution in [2.45, 2.75) is 0 Å². The Morgan fingerprint density at radius 1 is 1.38 bits per heavy atom. The molecule has 0 aliphatic carbocycles. The molecule has 1 aliphatic heterocycles. The lowest BCUT2D eigenvalue weighted by Crippen LogP contribution is -2.35. The van der Waals surface area contributed by atoms with E-state index in [1.165, 1.54) is 18.3 Å². The van der Waals surface area contributed by atoms with Crippen LogP contribution >= 0.6 is 11.6 Å². The van der Waals surface area contributed by atoms with Gasteiger partial charge in [-0.25, -0.2) is 4.98 Å². The van der Waals surface area contributed by atoms with Crippen LogP contribution in [0.1, 0.15) is 10.4 Å². The lowest BCUT2D eigenvalue weighted by Gasteiger charge is -2.19. The Bertz CT molecular complexity index is 748.